The zero-order valence-electron chi connectivity index (χ0n) is 14.9. The smallest absolute Gasteiger partial charge is 0.278 e. The first kappa shape index (κ1) is 17.7. The van der Waals surface area contributed by atoms with E-state index in [-0.39, 0.29) is 5.69 Å². The maximum absolute atomic E-state index is 12.9. The minimum absolute atomic E-state index is 0.102. The van der Waals surface area contributed by atoms with Crippen LogP contribution in [0.2, 0.25) is 5.02 Å². The van der Waals surface area contributed by atoms with Gasteiger partial charge in [-0.3, -0.25) is 9.48 Å². The molecule has 28 heavy (non-hydrogen) atoms. The molecule has 0 aliphatic carbocycles. The van der Waals surface area contributed by atoms with E-state index in [0.29, 0.717) is 38.8 Å². The fraction of sp³-hybridized carbons (Fsp3) is 0.118. The average molecular weight is 399 g/mol. The number of rotatable bonds is 4. The normalized spacial score (nSPS) is 11.0. The van der Waals surface area contributed by atoms with Gasteiger partial charge in [-0.2, -0.15) is 9.89 Å². The van der Waals surface area contributed by atoms with Gasteiger partial charge in [0.25, 0.3) is 5.91 Å². The van der Waals surface area contributed by atoms with Crippen LogP contribution in [0.3, 0.4) is 0 Å². The molecule has 0 atom stereocenters. The molecule has 0 spiro atoms. The highest BCUT2D eigenvalue weighted by molar-refractivity contribution is 6.31. The predicted octanol–water partition coefficient (Wildman–Crippen LogP) is 1.85. The van der Waals surface area contributed by atoms with E-state index in [9.17, 15) is 4.79 Å². The second kappa shape index (κ2) is 6.82. The second-order valence-electron chi connectivity index (χ2n) is 5.91. The number of ether oxygens (including phenoxy) is 1. The lowest BCUT2D eigenvalue weighted by atomic mass is 10.1. The molecule has 4 aromatic rings. The molecular weight excluding hydrogens is 384 g/mol. The summed E-state index contributed by atoms with van der Waals surface area (Å²) in [7, 11) is 3.29. The van der Waals surface area contributed by atoms with Crippen LogP contribution >= 0.6 is 11.6 Å². The highest BCUT2D eigenvalue weighted by Gasteiger charge is 2.22. The fourth-order valence-corrected chi connectivity index (χ4v) is 3.06. The molecule has 0 saturated carbocycles. The number of carbonyl (C=O) groups is 1. The average Bonchev–Trinajstić information content (AvgIpc) is 3.20. The lowest BCUT2D eigenvalue weighted by Crippen LogP contribution is -2.22. The van der Waals surface area contributed by atoms with Crippen molar-refractivity contribution in [3.05, 3.63) is 47.6 Å². The molecule has 142 valence electrons. The van der Waals surface area contributed by atoms with E-state index in [1.807, 2.05) is 0 Å². The van der Waals surface area contributed by atoms with Gasteiger partial charge in [0.05, 0.1) is 19.0 Å². The number of amides is 1. The van der Waals surface area contributed by atoms with Crippen LogP contribution < -0.4 is 15.9 Å². The number of aromatic nitrogens is 6. The highest BCUT2D eigenvalue weighted by atomic mass is 35.5. The number of methoxy groups -OCH3 is 1. The van der Waals surface area contributed by atoms with Crippen LogP contribution in [0.25, 0.3) is 22.3 Å². The number of benzene rings is 1. The third-order valence-corrected chi connectivity index (χ3v) is 4.31. The summed E-state index contributed by atoms with van der Waals surface area (Å²) in [5.41, 5.74) is 2.46. The summed E-state index contributed by atoms with van der Waals surface area (Å²) in [4.78, 5) is 21.9. The molecule has 0 radical (unpaired) electrons. The van der Waals surface area contributed by atoms with Gasteiger partial charge in [0, 0.05) is 23.8 Å². The van der Waals surface area contributed by atoms with Crippen molar-refractivity contribution in [3.8, 4) is 17.0 Å². The first-order chi connectivity index (χ1) is 13.5. The minimum atomic E-state index is -0.487. The summed E-state index contributed by atoms with van der Waals surface area (Å²) in [5, 5.41) is 11.8. The number of nitrogens with one attached hydrogen (secondary N) is 1. The van der Waals surface area contributed by atoms with Crippen LogP contribution in [0.5, 0.6) is 5.75 Å². The number of hydrogen-bond donors (Lipinski definition) is 2. The number of carbonyl (C=O) groups excluding carboxylic acids is 1. The molecule has 0 bridgehead atoms. The van der Waals surface area contributed by atoms with E-state index in [1.54, 1.807) is 43.2 Å². The van der Waals surface area contributed by atoms with Crippen LogP contribution in [0.1, 0.15) is 10.5 Å². The van der Waals surface area contributed by atoms with Gasteiger partial charge < -0.3 is 15.9 Å². The first-order valence-corrected chi connectivity index (χ1v) is 8.48. The molecule has 11 heteroatoms. The Balaban J connectivity index is 1.77. The Kier molecular flexibility index (Phi) is 4.32. The Morgan fingerprint density at radius 1 is 1.32 bits per heavy atom. The Morgan fingerprint density at radius 2 is 2.14 bits per heavy atom. The summed E-state index contributed by atoms with van der Waals surface area (Å²) >= 11 is 6.14. The molecule has 0 aliphatic rings. The maximum Gasteiger partial charge on any atom is 0.278 e. The number of aryl methyl sites for hydroxylation is 1. The fourth-order valence-electron chi connectivity index (χ4n) is 2.89. The molecule has 1 amide bonds. The number of fused-ring (bicyclic) bond motifs is 1. The van der Waals surface area contributed by atoms with E-state index >= 15 is 0 Å². The number of nitrogen functional groups attached to an aromatic ring is 1. The lowest BCUT2D eigenvalue weighted by molar-refractivity contribution is 0.102. The maximum atomic E-state index is 12.9. The summed E-state index contributed by atoms with van der Waals surface area (Å²) in [6, 6.07) is 5.16. The van der Waals surface area contributed by atoms with Crippen molar-refractivity contribution < 1.29 is 9.53 Å². The second-order valence-corrected chi connectivity index (χ2v) is 6.35. The van der Waals surface area contributed by atoms with Crippen molar-refractivity contribution in [2.24, 2.45) is 7.05 Å². The van der Waals surface area contributed by atoms with Crippen LogP contribution in [-0.4, -0.2) is 42.7 Å². The lowest BCUT2D eigenvalue weighted by Gasteiger charge is -2.09. The van der Waals surface area contributed by atoms with Gasteiger partial charge in [-0.05, 0) is 18.2 Å². The van der Waals surface area contributed by atoms with Gasteiger partial charge in [-0.25, -0.2) is 9.97 Å². The standard InChI is InChI=1S/C17H15ClN8O2/c1-25-7-12(14(24-25)10-5-9(18)3-4-13(10)28-2)22-17(27)16-15-11(23-26(16)19)6-20-8-21-15/h3-8H,19H2,1-2H3,(H,22,27). The molecule has 0 aliphatic heterocycles. The molecule has 3 aromatic heterocycles. The Labute approximate surface area is 163 Å². The molecular formula is C17H15ClN8O2. The molecule has 3 heterocycles. The Hall–Kier alpha value is -3.66. The third-order valence-electron chi connectivity index (χ3n) is 4.07. The van der Waals surface area contributed by atoms with E-state index in [0.717, 1.165) is 4.79 Å². The molecule has 0 unspecified atom stereocenters. The third kappa shape index (κ3) is 2.99. The van der Waals surface area contributed by atoms with E-state index < -0.39 is 5.91 Å². The predicted molar refractivity (Wildman–Crippen MR) is 104 cm³/mol. The summed E-state index contributed by atoms with van der Waals surface area (Å²) in [5.74, 6) is 5.93. The van der Waals surface area contributed by atoms with E-state index in [1.165, 1.54) is 12.5 Å². The van der Waals surface area contributed by atoms with Gasteiger partial charge in [-0.15, -0.1) is 5.10 Å². The monoisotopic (exact) mass is 398 g/mol. The molecule has 4 rings (SSSR count). The van der Waals surface area contributed by atoms with Gasteiger partial charge in [0.15, 0.2) is 5.69 Å². The number of hydrogen-bond acceptors (Lipinski definition) is 7. The number of nitrogens with two attached hydrogens (primary N) is 1. The van der Waals surface area contributed by atoms with Crippen LogP contribution in [0, 0.1) is 0 Å². The van der Waals surface area contributed by atoms with E-state index in [2.05, 4.69) is 25.5 Å². The van der Waals surface area contributed by atoms with Gasteiger partial charge in [0.1, 0.15) is 28.8 Å². The van der Waals surface area contributed by atoms with Crippen molar-refractivity contribution in [2.75, 3.05) is 18.3 Å². The minimum Gasteiger partial charge on any atom is -0.496 e. The molecule has 1 aromatic carbocycles. The number of halogens is 1. The number of anilines is 1. The highest BCUT2D eigenvalue weighted by Crippen LogP contribution is 2.36. The SMILES string of the molecule is COc1ccc(Cl)cc1-c1nn(C)cc1NC(=O)c1c2ncncc2nn1N. The Bertz CT molecular complexity index is 1200. The number of nitrogens with zero attached hydrogens (tertiary/aromatic N) is 6. The summed E-state index contributed by atoms with van der Waals surface area (Å²) in [6.45, 7) is 0. The zero-order valence-corrected chi connectivity index (χ0v) is 15.7. The van der Waals surface area contributed by atoms with Crippen molar-refractivity contribution in [1.29, 1.82) is 0 Å². The van der Waals surface area contributed by atoms with E-state index in [4.69, 9.17) is 22.2 Å². The van der Waals surface area contributed by atoms with Crippen molar-refractivity contribution in [2.45, 2.75) is 0 Å². The molecule has 0 saturated heterocycles. The summed E-state index contributed by atoms with van der Waals surface area (Å²) in [6.07, 6.45) is 4.48. The summed E-state index contributed by atoms with van der Waals surface area (Å²) < 4.78 is 6.98. The van der Waals surface area contributed by atoms with Crippen LogP contribution in [0.15, 0.2) is 36.9 Å². The van der Waals surface area contributed by atoms with Crippen LogP contribution in [0.4, 0.5) is 5.69 Å². The van der Waals surface area contributed by atoms with Crippen molar-refractivity contribution in [1.82, 2.24) is 29.6 Å². The van der Waals surface area contributed by atoms with Gasteiger partial charge in [0.2, 0.25) is 0 Å². The van der Waals surface area contributed by atoms with Gasteiger partial charge in [-0.1, -0.05) is 11.6 Å². The molecule has 3 N–H and O–H groups in total. The van der Waals surface area contributed by atoms with Crippen molar-refractivity contribution >= 4 is 34.2 Å². The largest absolute Gasteiger partial charge is 0.496 e. The van der Waals surface area contributed by atoms with Crippen molar-refractivity contribution in [3.63, 3.8) is 0 Å². The first-order valence-electron chi connectivity index (χ1n) is 8.10. The zero-order chi connectivity index (χ0) is 19.8. The topological polar surface area (TPSA) is 126 Å². The molecule has 0 fully saturated rings. The quantitative estimate of drug-likeness (QED) is 0.502. The van der Waals surface area contributed by atoms with Gasteiger partial charge >= 0.3 is 0 Å². The van der Waals surface area contributed by atoms with Crippen LogP contribution in [-0.2, 0) is 7.05 Å². The molecule has 10 nitrogen and oxygen atoms in total. The Morgan fingerprint density at radius 3 is 2.93 bits per heavy atom.